The first-order valence-corrected chi connectivity index (χ1v) is 5.87. The lowest BCUT2D eigenvalue weighted by Crippen LogP contribution is -2.51. The summed E-state index contributed by atoms with van der Waals surface area (Å²) in [5, 5.41) is 5.93. The van der Waals surface area contributed by atoms with E-state index in [2.05, 4.69) is 24.5 Å². The van der Waals surface area contributed by atoms with E-state index in [1.807, 2.05) is 13.8 Å². The number of likely N-dealkylation sites (N-methyl/N-ethyl adjacent to an activating group) is 1. The van der Waals surface area contributed by atoms with Crippen LogP contribution in [0.15, 0.2) is 0 Å². The van der Waals surface area contributed by atoms with Gasteiger partial charge in [-0.3, -0.25) is 4.79 Å². The molecule has 0 rings (SSSR count). The molecule has 0 spiro atoms. The molecule has 0 radical (unpaired) electrons. The highest BCUT2D eigenvalue weighted by Gasteiger charge is 2.24. The van der Waals surface area contributed by atoms with Crippen LogP contribution >= 0.6 is 0 Å². The summed E-state index contributed by atoms with van der Waals surface area (Å²) in [4.78, 5) is 11.6. The van der Waals surface area contributed by atoms with Gasteiger partial charge in [-0.25, -0.2) is 0 Å². The first-order chi connectivity index (χ1) is 6.90. The average Bonchev–Trinajstić information content (AvgIpc) is 2.16. The Morgan fingerprint density at radius 2 is 1.87 bits per heavy atom. The Balaban J connectivity index is 3.56. The summed E-state index contributed by atoms with van der Waals surface area (Å²) in [7, 11) is 1.80. The Bertz CT molecular complexity index is 188. The van der Waals surface area contributed by atoms with Crippen molar-refractivity contribution in [1.29, 1.82) is 0 Å². The van der Waals surface area contributed by atoms with Gasteiger partial charge in [0.15, 0.2) is 0 Å². The molecule has 0 aliphatic rings. The Morgan fingerprint density at radius 3 is 2.33 bits per heavy atom. The van der Waals surface area contributed by atoms with Crippen LogP contribution in [-0.2, 0) is 4.79 Å². The molecule has 0 fully saturated rings. The lowest BCUT2D eigenvalue weighted by atomic mass is 10.0. The molecule has 90 valence electrons. The maximum atomic E-state index is 11.6. The van der Waals surface area contributed by atoms with Crippen LogP contribution < -0.4 is 10.6 Å². The molecule has 3 heteroatoms. The third-order valence-electron chi connectivity index (χ3n) is 2.69. The van der Waals surface area contributed by atoms with Crippen LogP contribution in [0.4, 0.5) is 0 Å². The summed E-state index contributed by atoms with van der Waals surface area (Å²) in [5.41, 5.74) is -0.460. The van der Waals surface area contributed by atoms with Crippen molar-refractivity contribution >= 4 is 5.91 Å². The Kier molecular flexibility index (Phi) is 6.57. The molecule has 0 aromatic rings. The molecule has 0 heterocycles. The van der Waals surface area contributed by atoms with Gasteiger partial charge >= 0.3 is 0 Å². The van der Waals surface area contributed by atoms with Crippen molar-refractivity contribution in [3.05, 3.63) is 0 Å². The van der Waals surface area contributed by atoms with Crippen molar-refractivity contribution in [2.75, 3.05) is 13.6 Å². The highest BCUT2D eigenvalue weighted by Crippen LogP contribution is 2.05. The van der Waals surface area contributed by atoms with Gasteiger partial charge in [0.25, 0.3) is 0 Å². The highest BCUT2D eigenvalue weighted by atomic mass is 16.2. The van der Waals surface area contributed by atoms with Gasteiger partial charge in [0.05, 0.1) is 5.54 Å². The molecule has 0 saturated carbocycles. The van der Waals surface area contributed by atoms with Crippen molar-refractivity contribution in [3.8, 4) is 0 Å². The van der Waals surface area contributed by atoms with Gasteiger partial charge in [0.2, 0.25) is 5.91 Å². The molecular formula is C12H26N2O. The normalized spacial score (nSPS) is 11.9. The van der Waals surface area contributed by atoms with Crippen LogP contribution in [-0.4, -0.2) is 25.0 Å². The van der Waals surface area contributed by atoms with E-state index in [9.17, 15) is 4.79 Å². The zero-order valence-electron chi connectivity index (χ0n) is 10.8. The zero-order valence-corrected chi connectivity index (χ0v) is 10.8. The predicted octanol–water partition coefficient (Wildman–Crippen LogP) is 1.93. The summed E-state index contributed by atoms with van der Waals surface area (Å²) in [5.74, 6) is 0.837. The van der Waals surface area contributed by atoms with Crippen LogP contribution in [0.25, 0.3) is 0 Å². The number of amides is 1. The molecule has 0 aliphatic heterocycles. The largest absolute Gasteiger partial charge is 0.355 e. The van der Waals surface area contributed by atoms with Gasteiger partial charge in [0.1, 0.15) is 0 Å². The molecule has 15 heavy (non-hydrogen) atoms. The van der Waals surface area contributed by atoms with Crippen LogP contribution in [0, 0.1) is 5.92 Å². The molecule has 0 aromatic carbocycles. The number of rotatable bonds is 7. The van der Waals surface area contributed by atoms with Crippen molar-refractivity contribution < 1.29 is 4.79 Å². The summed E-state index contributed by atoms with van der Waals surface area (Å²) in [6, 6.07) is 0. The second kappa shape index (κ2) is 6.83. The van der Waals surface area contributed by atoms with Gasteiger partial charge in [-0.05, 0) is 33.2 Å². The summed E-state index contributed by atoms with van der Waals surface area (Å²) < 4.78 is 0. The maximum absolute atomic E-state index is 11.6. The molecule has 2 N–H and O–H groups in total. The van der Waals surface area contributed by atoms with Crippen LogP contribution in [0.2, 0.25) is 0 Å². The molecule has 3 nitrogen and oxygen atoms in total. The van der Waals surface area contributed by atoms with Crippen molar-refractivity contribution in [2.45, 2.75) is 52.5 Å². The van der Waals surface area contributed by atoms with E-state index in [1.54, 1.807) is 7.05 Å². The van der Waals surface area contributed by atoms with E-state index in [1.165, 1.54) is 12.8 Å². The Labute approximate surface area is 94.0 Å². The average molecular weight is 214 g/mol. The molecule has 0 bridgehead atoms. The zero-order chi connectivity index (χ0) is 11.9. The van der Waals surface area contributed by atoms with Crippen LogP contribution in [0.1, 0.15) is 47.0 Å². The molecule has 0 atom stereocenters. The monoisotopic (exact) mass is 214 g/mol. The van der Waals surface area contributed by atoms with Crippen molar-refractivity contribution in [1.82, 2.24) is 10.6 Å². The fourth-order valence-corrected chi connectivity index (χ4v) is 1.21. The van der Waals surface area contributed by atoms with Gasteiger partial charge in [0, 0.05) is 6.54 Å². The summed E-state index contributed by atoms with van der Waals surface area (Å²) in [6.45, 7) is 9.01. The van der Waals surface area contributed by atoms with Gasteiger partial charge in [-0.2, -0.15) is 0 Å². The van der Waals surface area contributed by atoms with E-state index in [0.717, 1.165) is 18.9 Å². The fraction of sp³-hybridized carbons (Fsp3) is 0.917. The first kappa shape index (κ1) is 14.4. The first-order valence-electron chi connectivity index (χ1n) is 5.87. The fourth-order valence-electron chi connectivity index (χ4n) is 1.21. The smallest absolute Gasteiger partial charge is 0.239 e. The SMILES string of the molecule is CNC(C)(C)C(=O)NCCCCC(C)C. The summed E-state index contributed by atoms with van der Waals surface area (Å²) in [6.07, 6.45) is 3.51. The number of unbranched alkanes of at least 4 members (excludes halogenated alkanes) is 1. The number of nitrogens with one attached hydrogen (secondary N) is 2. The third kappa shape index (κ3) is 6.50. The molecular weight excluding hydrogens is 188 g/mol. The molecule has 0 unspecified atom stereocenters. The Morgan fingerprint density at radius 1 is 1.27 bits per heavy atom. The number of carbonyl (C=O) groups is 1. The van der Waals surface area contributed by atoms with Crippen LogP contribution in [0.3, 0.4) is 0 Å². The number of hydrogen-bond donors (Lipinski definition) is 2. The van der Waals surface area contributed by atoms with E-state index in [-0.39, 0.29) is 5.91 Å². The van der Waals surface area contributed by atoms with E-state index < -0.39 is 5.54 Å². The van der Waals surface area contributed by atoms with E-state index >= 15 is 0 Å². The second-order valence-corrected chi connectivity index (χ2v) is 5.02. The lowest BCUT2D eigenvalue weighted by Gasteiger charge is -2.22. The quantitative estimate of drug-likeness (QED) is 0.636. The maximum Gasteiger partial charge on any atom is 0.239 e. The van der Waals surface area contributed by atoms with Gasteiger partial charge < -0.3 is 10.6 Å². The standard InChI is InChI=1S/C12H26N2O/c1-10(2)8-6-7-9-14-11(15)12(3,4)13-5/h10,13H,6-9H2,1-5H3,(H,14,15). The number of hydrogen-bond acceptors (Lipinski definition) is 2. The van der Waals surface area contributed by atoms with Crippen LogP contribution in [0.5, 0.6) is 0 Å². The second-order valence-electron chi connectivity index (χ2n) is 5.02. The van der Waals surface area contributed by atoms with E-state index in [4.69, 9.17) is 0 Å². The van der Waals surface area contributed by atoms with Crippen molar-refractivity contribution in [3.63, 3.8) is 0 Å². The minimum atomic E-state index is -0.460. The molecule has 0 aromatic heterocycles. The lowest BCUT2D eigenvalue weighted by molar-refractivity contribution is -0.126. The number of carbonyl (C=O) groups excluding carboxylic acids is 1. The minimum absolute atomic E-state index is 0.0783. The minimum Gasteiger partial charge on any atom is -0.355 e. The highest BCUT2D eigenvalue weighted by molar-refractivity contribution is 5.85. The molecule has 0 aliphatic carbocycles. The Hall–Kier alpha value is -0.570. The third-order valence-corrected chi connectivity index (χ3v) is 2.69. The molecule has 1 amide bonds. The topological polar surface area (TPSA) is 41.1 Å². The van der Waals surface area contributed by atoms with Crippen molar-refractivity contribution in [2.24, 2.45) is 5.92 Å². The van der Waals surface area contributed by atoms with E-state index in [0.29, 0.717) is 0 Å². The van der Waals surface area contributed by atoms with Gasteiger partial charge in [-0.15, -0.1) is 0 Å². The summed E-state index contributed by atoms with van der Waals surface area (Å²) >= 11 is 0. The molecule has 0 saturated heterocycles. The van der Waals surface area contributed by atoms with Gasteiger partial charge in [-0.1, -0.05) is 26.7 Å². The predicted molar refractivity (Wildman–Crippen MR) is 64.8 cm³/mol.